The van der Waals surface area contributed by atoms with Gasteiger partial charge in [0.05, 0.1) is 11.7 Å². The maximum Gasteiger partial charge on any atom is 0.255 e. The molecule has 138 valence electrons. The van der Waals surface area contributed by atoms with E-state index in [0.29, 0.717) is 28.4 Å². The SMILES string of the molecule is Cl.O=C(NC1CC2CCC(C1)N2)c1cc(Cl)ccc1OC1CCCC1. The van der Waals surface area contributed by atoms with E-state index in [2.05, 4.69) is 10.6 Å². The summed E-state index contributed by atoms with van der Waals surface area (Å²) in [5.41, 5.74) is 0.570. The van der Waals surface area contributed by atoms with E-state index in [9.17, 15) is 4.79 Å². The molecule has 2 unspecified atom stereocenters. The number of halogens is 2. The van der Waals surface area contributed by atoms with E-state index in [-0.39, 0.29) is 30.5 Å². The van der Waals surface area contributed by atoms with Crippen molar-refractivity contribution in [2.45, 2.75) is 75.6 Å². The van der Waals surface area contributed by atoms with E-state index in [1.165, 1.54) is 25.7 Å². The van der Waals surface area contributed by atoms with Gasteiger partial charge in [-0.2, -0.15) is 0 Å². The highest BCUT2D eigenvalue weighted by atomic mass is 35.5. The average molecular weight is 385 g/mol. The van der Waals surface area contributed by atoms with Crippen LogP contribution in [0.15, 0.2) is 18.2 Å². The van der Waals surface area contributed by atoms with Gasteiger partial charge in [0.2, 0.25) is 0 Å². The third-order valence-corrected chi connectivity index (χ3v) is 5.83. The molecule has 4 rings (SSSR count). The highest BCUT2D eigenvalue weighted by molar-refractivity contribution is 6.31. The molecular weight excluding hydrogens is 359 g/mol. The third-order valence-electron chi connectivity index (χ3n) is 5.59. The van der Waals surface area contributed by atoms with Crippen LogP contribution in [0.25, 0.3) is 0 Å². The summed E-state index contributed by atoms with van der Waals surface area (Å²) < 4.78 is 6.09. The quantitative estimate of drug-likeness (QED) is 0.821. The van der Waals surface area contributed by atoms with Gasteiger partial charge in [0, 0.05) is 23.1 Å². The van der Waals surface area contributed by atoms with Gasteiger partial charge in [-0.3, -0.25) is 4.79 Å². The first-order valence-corrected chi connectivity index (χ1v) is 9.58. The van der Waals surface area contributed by atoms with Crippen molar-refractivity contribution in [1.82, 2.24) is 10.6 Å². The number of carbonyl (C=O) groups is 1. The molecule has 1 aliphatic carbocycles. The highest BCUT2D eigenvalue weighted by Crippen LogP contribution is 2.30. The van der Waals surface area contributed by atoms with E-state index in [1.54, 1.807) is 12.1 Å². The van der Waals surface area contributed by atoms with Gasteiger partial charge in [-0.25, -0.2) is 0 Å². The van der Waals surface area contributed by atoms with Gasteiger partial charge in [0.1, 0.15) is 5.75 Å². The number of nitrogens with one attached hydrogen (secondary N) is 2. The number of rotatable bonds is 4. The van der Waals surface area contributed by atoms with Gasteiger partial charge in [0.15, 0.2) is 0 Å². The molecule has 1 amide bonds. The van der Waals surface area contributed by atoms with E-state index < -0.39 is 0 Å². The van der Waals surface area contributed by atoms with Crippen molar-refractivity contribution < 1.29 is 9.53 Å². The van der Waals surface area contributed by atoms with Gasteiger partial charge < -0.3 is 15.4 Å². The fourth-order valence-corrected chi connectivity index (χ4v) is 4.58. The van der Waals surface area contributed by atoms with Crippen LogP contribution in [-0.2, 0) is 0 Å². The number of hydrogen-bond acceptors (Lipinski definition) is 3. The van der Waals surface area contributed by atoms with E-state index in [1.807, 2.05) is 6.07 Å². The summed E-state index contributed by atoms with van der Waals surface area (Å²) in [6, 6.07) is 6.73. The number of benzene rings is 1. The van der Waals surface area contributed by atoms with Crippen LogP contribution in [-0.4, -0.2) is 30.1 Å². The summed E-state index contributed by atoms with van der Waals surface area (Å²) in [6.07, 6.45) is 9.27. The highest BCUT2D eigenvalue weighted by Gasteiger charge is 2.34. The fourth-order valence-electron chi connectivity index (χ4n) is 4.41. The summed E-state index contributed by atoms with van der Waals surface area (Å²) >= 11 is 6.13. The Balaban J connectivity index is 0.00000182. The minimum absolute atomic E-state index is 0. The Labute approximate surface area is 160 Å². The molecule has 2 aliphatic heterocycles. The molecule has 1 aromatic carbocycles. The summed E-state index contributed by atoms with van der Waals surface area (Å²) in [7, 11) is 0. The topological polar surface area (TPSA) is 50.4 Å². The zero-order valence-corrected chi connectivity index (χ0v) is 15.9. The molecule has 2 heterocycles. The van der Waals surface area contributed by atoms with E-state index in [4.69, 9.17) is 16.3 Å². The molecule has 0 spiro atoms. The molecule has 3 aliphatic rings. The smallest absolute Gasteiger partial charge is 0.255 e. The van der Waals surface area contributed by atoms with Crippen LogP contribution in [0.3, 0.4) is 0 Å². The molecule has 3 fully saturated rings. The molecule has 0 radical (unpaired) electrons. The van der Waals surface area contributed by atoms with Crippen LogP contribution in [0.2, 0.25) is 5.02 Å². The molecular formula is C19H26Cl2N2O2. The number of ether oxygens (including phenoxy) is 1. The molecule has 6 heteroatoms. The summed E-state index contributed by atoms with van der Waals surface area (Å²) in [5.74, 6) is 0.609. The maximum atomic E-state index is 12.8. The van der Waals surface area contributed by atoms with Gasteiger partial charge in [0.25, 0.3) is 5.91 Å². The van der Waals surface area contributed by atoms with Crippen LogP contribution in [0.1, 0.15) is 61.7 Å². The Hall–Kier alpha value is -0.970. The predicted molar refractivity (Wildman–Crippen MR) is 102 cm³/mol. The Morgan fingerprint density at radius 3 is 2.48 bits per heavy atom. The Morgan fingerprint density at radius 2 is 1.80 bits per heavy atom. The number of piperidine rings is 1. The van der Waals surface area contributed by atoms with Gasteiger partial charge in [-0.1, -0.05) is 11.6 Å². The second-order valence-electron chi connectivity index (χ2n) is 7.44. The van der Waals surface area contributed by atoms with Gasteiger partial charge in [-0.15, -0.1) is 12.4 Å². The van der Waals surface area contributed by atoms with Crippen molar-refractivity contribution in [3.63, 3.8) is 0 Å². The predicted octanol–water partition coefficient (Wildman–Crippen LogP) is 4.10. The Bertz CT molecular complexity index is 607. The number of amides is 1. The zero-order valence-electron chi connectivity index (χ0n) is 14.3. The van der Waals surface area contributed by atoms with Crippen molar-refractivity contribution in [3.05, 3.63) is 28.8 Å². The number of hydrogen-bond donors (Lipinski definition) is 2. The molecule has 2 N–H and O–H groups in total. The Kier molecular flexibility index (Phi) is 6.13. The normalized spacial score (nSPS) is 28.4. The maximum absolute atomic E-state index is 12.8. The minimum atomic E-state index is -0.0585. The lowest BCUT2D eigenvalue weighted by molar-refractivity contribution is 0.0916. The first-order chi connectivity index (χ1) is 11.7. The molecule has 2 bridgehead atoms. The standard InChI is InChI=1S/C19H25ClN2O2.ClH/c20-12-5-8-18(24-16-3-1-2-4-16)17(9-12)19(23)22-15-10-13-6-7-14(11-15)21-13;/h5,8-9,13-16,21H,1-4,6-7,10-11H2,(H,22,23);1H. The van der Waals surface area contributed by atoms with Crippen LogP contribution < -0.4 is 15.4 Å². The molecule has 0 aromatic heterocycles. The van der Waals surface area contributed by atoms with Crippen molar-refractivity contribution in [1.29, 1.82) is 0 Å². The average Bonchev–Trinajstić information content (AvgIpc) is 3.18. The van der Waals surface area contributed by atoms with Crippen molar-refractivity contribution >= 4 is 29.9 Å². The van der Waals surface area contributed by atoms with Crippen LogP contribution in [0, 0.1) is 0 Å². The first-order valence-electron chi connectivity index (χ1n) is 9.20. The molecule has 4 nitrogen and oxygen atoms in total. The summed E-state index contributed by atoms with van der Waals surface area (Å²) in [6.45, 7) is 0. The lowest BCUT2D eigenvalue weighted by Gasteiger charge is -2.30. The minimum Gasteiger partial charge on any atom is -0.490 e. The molecule has 2 atom stereocenters. The van der Waals surface area contributed by atoms with Crippen LogP contribution in [0.5, 0.6) is 5.75 Å². The third kappa shape index (κ3) is 4.42. The first kappa shape index (κ1) is 18.8. The molecule has 1 aromatic rings. The summed E-state index contributed by atoms with van der Waals surface area (Å²) in [4.78, 5) is 12.8. The van der Waals surface area contributed by atoms with Crippen molar-refractivity contribution in [3.8, 4) is 5.75 Å². The zero-order chi connectivity index (χ0) is 16.5. The molecule has 1 saturated carbocycles. The van der Waals surface area contributed by atoms with Crippen LogP contribution in [0.4, 0.5) is 0 Å². The largest absolute Gasteiger partial charge is 0.490 e. The van der Waals surface area contributed by atoms with Gasteiger partial charge >= 0.3 is 0 Å². The lowest BCUT2D eigenvalue weighted by atomic mass is 9.99. The van der Waals surface area contributed by atoms with E-state index >= 15 is 0 Å². The lowest BCUT2D eigenvalue weighted by Crippen LogP contribution is -2.48. The fraction of sp³-hybridized carbons (Fsp3) is 0.632. The van der Waals surface area contributed by atoms with Crippen molar-refractivity contribution in [2.24, 2.45) is 0 Å². The Morgan fingerprint density at radius 1 is 1.12 bits per heavy atom. The molecule has 25 heavy (non-hydrogen) atoms. The monoisotopic (exact) mass is 384 g/mol. The number of carbonyl (C=O) groups excluding carboxylic acids is 1. The van der Waals surface area contributed by atoms with Gasteiger partial charge in [-0.05, 0) is 69.6 Å². The second kappa shape index (κ2) is 8.15. The van der Waals surface area contributed by atoms with Crippen molar-refractivity contribution in [2.75, 3.05) is 0 Å². The summed E-state index contributed by atoms with van der Waals surface area (Å²) in [5, 5.41) is 7.39. The van der Waals surface area contributed by atoms with E-state index in [0.717, 1.165) is 25.7 Å². The van der Waals surface area contributed by atoms with Crippen LogP contribution >= 0.6 is 24.0 Å². The second-order valence-corrected chi connectivity index (χ2v) is 7.88. The molecule has 2 saturated heterocycles. The number of fused-ring (bicyclic) bond motifs is 2.